The Morgan fingerprint density at radius 3 is 2.88 bits per heavy atom. The van der Waals surface area contributed by atoms with E-state index in [0.29, 0.717) is 15.3 Å². The van der Waals surface area contributed by atoms with E-state index in [0.717, 1.165) is 24.2 Å². The van der Waals surface area contributed by atoms with Crippen molar-refractivity contribution < 1.29 is 0 Å². The Morgan fingerprint density at radius 2 is 2.29 bits per heavy atom. The summed E-state index contributed by atoms with van der Waals surface area (Å²) in [6.07, 6.45) is 3.22. The highest BCUT2D eigenvalue weighted by Crippen LogP contribution is 2.21. The molecular weight excluding hydrogens is 272 g/mol. The summed E-state index contributed by atoms with van der Waals surface area (Å²) >= 11 is 12.8. The molecule has 1 atom stereocenters. The van der Waals surface area contributed by atoms with E-state index in [1.54, 1.807) is 6.07 Å². The van der Waals surface area contributed by atoms with Gasteiger partial charge in [0.1, 0.15) is 4.99 Å². The van der Waals surface area contributed by atoms with E-state index in [4.69, 9.17) is 29.6 Å². The highest BCUT2D eigenvalue weighted by molar-refractivity contribution is 7.99. The molecular formula is C12H17ClN2S2. The molecule has 0 amide bonds. The van der Waals surface area contributed by atoms with Crippen LogP contribution >= 0.6 is 35.6 Å². The highest BCUT2D eigenvalue weighted by Gasteiger charge is 2.06. The van der Waals surface area contributed by atoms with Crippen LogP contribution in [0.1, 0.15) is 18.9 Å². The molecule has 0 aliphatic heterocycles. The first-order chi connectivity index (χ1) is 8.04. The molecule has 17 heavy (non-hydrogen) atoms. The van der Waals surface area contributed by atoms with Crippen molar-refractivity contribution in [1.82, 2.24) is 0 Å². The van der Waals surface area contributed by atoms with Crippen molar-refractivity contribution in [3.8, 4) is 0 Å². The third kappa shape index (κ3) is 4.74. The van der Waals surface area contributed by atoms with Crippen molar-refractivity contribution >= 4 is 46.3 Å². The predicted octanol–water partition coefficient (Wildman–Crippen LogP) is 3.53. The third-order valence-corrected chi connectivity index (χ3v) is 4.01. The third-order valence-electron chi connectivity index (χ3n) is 2.52. The number of anilines is 1. The van der Waals surface area contributed by atoms with Crippen LogP contribution in [0.3, 0.4) is 0 Å². The molecule has 1 aromatic rings. The standard InChI is InChI=1S/C12H17ClN2S2/c1-8(17-2)5-6-15-11-4-3-9(13)7-10(11)12(14)16/h3-4,7-8,15H,5-6H2,1-2H3,(H2,14,16). The van der Waals surface area contributed by atoms with Crippen LogP contribution < -0.4 is 11.1 Å². The second kappa shape index (κ2) is 7.09. The predicted molar refractivity (Wildman–Crippen MR) is 83.4 cm³/mol. The second-order valence-corrected chi connectivity index (χ2v) is 5.97. The van der Waals surface area contributed by atoms with Gasteiger partial charge in [-0.15, -0.1) is 0 Å². The van der Waals surface area contributed by atoms with E-state index in [2.05, 4.69) is 18.5 Å². The molecule has 94 valence electrons. The van der Waals surface area contributed by atoms with E-state index in [9.17, 15) is 0 Å². The molecule has 5 heteroatoms. The van der Waals surface area contributed by atoms with Gasteiger partial charge in [0.05, 0.1) is 0 Å². The summed E-state index contributed by atoms with van der Waals surface area (Å²) in [6.45, 7) is 3.11. The topological polar surface area (TPSA) is 38.0 Å². The van der Waals surface area contributed by atoms with Gasteiger partial charge in [-0.3, -0.25) is 0 Å². The van der Waals surface area contributed by atoms with Gasteiger partial charge in [-0.25, -0.2) is 0 Å². The first-order valence-electron chi connectivity index (χ1n) is 5.40. The van der Waals surface area contributed by atoms with Gasteiger partial charge in [-0.1, -0.05) is 30.7 Å². The van der Waals surface area contributed by atoms with E-state index in [-0.39, 0.29) is 0 Å². The molecule has 1 rings (SSSR count). The lowest BCUT2D eigenvalue weighted by molar-refractivity contribution is 0.853. The van der Waals surface area contributed by atoms with Gasteiger partial charge in [-0.05, 0) is 30.9 Å². The molecule has 0 saturated heterocycles. The minimum Gasteiger partial charge on any atom is -0.389 e. The van der Waals surface area contributed by atoms with Crippen LogP contribution in [-0.4, -0.2) is 23.0 Å². The number of hydrogen-bond donors (Lipinski definition) is 2. The zero-order valence-electron chi connectivity index (χ0n) is 10.00. The smallest absolute Gasteiger partial charge is 0.106 e. The molecule has 0 saturated carbocycles. The molecule has 0 heterocycles. The van der Waals surface area contributed by atoms with Gasteiger partial charge in [0.25, 0.3) is 0 Å². The number of rotatable bonds is 6. The number of halogens is 1. The summed E-state index contributed by atoms with van der Waals surface area (Å²) in [5.74, 6) is 0. The summed E-state index contributed by atoms with van der Waals surface area (Å²) in [6, 6.07) is 5.55. The lowest BCUT2D eigenvalue weighted by atomic mass is 10.1. The minimum absolute atomic E-state index is 0.368. The van der Waals surface area contributed by atoms with Gasteiger partial charge in [-0.2, -0.15) is 11.8 Å². The van der Waals surface area contributed by atoms with Crippen LogP contribution in [0, 0.1) is 0 Å². The summed E-state index contributed by atoms with van der Waals surface area (Å²) < 4.78 is 0. The minimum atomic E-state index is 0.368. The Hall–Kier alpha value is -0.450. The molecule has 3 N–H and O–H groups in total. The number of nitrogens with one attached hydrogen (secondary N) is 1. The van der Waals surface area contributed by atoms with E-state index in [1.165, 1.54) is 0 Å². The Balaban J connectivity index is 2.67. The highest BCUT2D eigenvalue weighted by atomic mass is 35.5. The Morgan fingerprint density at radius 1 is 1.59 bits per heavy atom. The normalized spacial score (nSPS) is 12.2. The summed E-state index contributed by atoms with van der Waals surface area (Å²) in [4.78, 5) is 0.368. The van der Waals surface area contributed by atoms with Crippen LogP contribution in [0.4, 0.5) is 5.69 Å². The van der Waals surface area contributed by atoms with Crippen molar-refractivity contribution in [1.29, 1.82) is 0 Å². The van der Waals surface area contributed by atoms with Crippen LogP contribution in [0.25, 0.3) is 0 Å². The van der Waals surface area contributed by atoms with E-state index in [1.807, 2.05) is 23.9 Å². The Kier molecular flexibility index (Phi) is 6.09. The monoisotopic (exact) mass is 288 g/mol. The summed E-state index contributed by atoms with van der Waals surface area (Å²) in [7, 11) is 0. The van der Waals surface area contributed by atoms with Gasteiger partial charge in [0.15, 0.2) is 0 Å². The molecule has 0 aromatic heterocycles. The van der Waals surface area contributed by atoms with E-state index >= 15 is 0 Å². The molecule has 0 aliphatic carbocycles. The average molecular weight is 289 g/mol. The lowest BCUT2D eigenvalue weighted by Crippen LogP contribution is -2.15. The first kappa shape index (κ1) is 14.6. The summed E-state index contributed by atoms with van der Waals surface area (Å²) in [5.41, 5.74) is 7.43. The zero-order chi connectivity index (χ0) is 12.8. The Labute approximate surface area is 117 Å². The molecule has 0 bridgehead atoms. The number of thioether (sulfide) groups is 1. The Bertz CT molecular complexity index is 396. The van der Waals surface area contributed by atoms with Crippen LogP contribution in [0.5, 0.6) is 0 Å². The van der Waals surface area contributed by atoms with Crippen LogP contribution in [-0.2, 0) is 0 Å². The quantitative estimate of drug-likeness (QED) is 0.786. The fourth-order valence-corrected chi connectivity index (χ4v) is 2.10. The maximum atomic E-state index is 5.92. The first-order valence-corrected chi connectivity index (χ1v) is 7.48. The number of hydrogen-bond acceptors (Lipinski definition) is 3. The molecule has 0 aliphatic rings. The SMILES string of the molecule is CSC(C)CCNc1ccc(Cl)cc1C(N)=S. The van der Waals surface area contributed by atoms with Crippen molar-refractivity contribution in [3.05, 3.63) is 28.8 Å². The molecule has 1 aromatic carbocycles. The number of nitrogens with two attached hydrogens (primary N) is 1. The number of benzene rings is 1. The van der Waals surface area contributed by atoms with Crippen molar-refractivity contribution in [3.63, 3.8) is 0 Å². The van der Waals surface area contributed by atoms with Gasteiger partial charge in [0.2, 0.25) is 0 Å². The molecule has 0 radical (unpaired) electrons. The summed E-state index contributed by atoms with van der Waals surface area (Å²) in [5, 5.41) is 4.64. The molecule has 1 unspecified atom stereocenters. The maximum Gasteiger partial charge on any atom is 0.106 e. The van der Waals surface area contributed by atoms with Crippen molar-refractivity contribution in [2.75, 3.05) is 18.1 Å². The van der Waals surface area contributed by atoms with Crippen LogP contribution in [0.15, 0.2) is 18.2 Å². The molecule has 2 nitrogen and oxygen atoms in total. The average Bonchev–Trinajstić information content (AvgIpc) is 2.30. The van der Waals surface area contributed by atoms with Crippen molar-refractivity contribution in [2.45, 2.75) is 18.6 Å². The van der Waals surface area contributed by atoms with Crippen molar-refractivity contribution in [2.24, 2.45) is 5.73 Å². The van der Waals surface area contributed by atoms with Gasteiger partial charge < -0.3 is 11.1 Å². The fraction of sp³-hybridized carbons (Fsp3) is 0.417. The molecule has 0 spiro atoms. The van der Waals surface area contributed by atoms with E-state index < -0.39 is 0 Å². The molecule has 0 fully saturated rings. The number of thiocarbonyl (C=S) groups is 1. The van der Waals surface area contributed by atoms with Gasteiger partial charge in [0, 0.05) is 28.1 Å². The largest absolute Gasteiger partial charge is 0.389 e. The van der Waals surface area contributed by atoms with Crippen LogP contribution in [0.2, 0.25) is 5.02 Å². The lowest BCUT2D eigenvalue weighted by Gasteiger charge is -2.13. The maximum absolute atomic E-state index is 5.92. The van der Waals surface area contributed by atoms with Gasteiger partial charge >= 0.3 is 0 Å². The second-order valence-electron chi connectivity index (χ2n) is 3.82. The fourth-order valence-electron chi connectivity index (χ4n) is 1.40. The zero-order valence-corrected chi connectivity index (χ0v) is 12.4.